The first-order valence-electron chi connectivity index (χ1n) is 6.06. The van der Waals surface area contributed by atoms with E-state index in [4.69, 9.17) is 9.47 Å². The highest BCUT2D eigenvalue weighted by atomic mass is 16.5. The van der Waals surface area contributed by atoms with Crippen LogP contribution in [0.4, 0.5) is 5.69 Å². The summed E-state index contributed by atoms with van der Waals surface area (Å²) in [6, 6.07) is 3.77. The first kappa shape index (κ1) is 13.4. The van der Waals surface area contributed by atoms with Crippen molar-refractivity contribution < 1.29 is 9.47 Å². The van der Waals surface area contributed by atoms with Crippen LogP contribution in [0.25, 0.3) is 0 Å². The second-order valence-electron chi connectivity index (χ2n) is 4.08. The lowest BCUT2D eigenvalue weighted by molar-refractivity contribution is 0.144. The van der Waals surface area contributed by atoms with Crippen molar-refractivity contribution in [3.05, 3.63) is 36.5 Å². The van der Waals surface area contributed by atoms with E-state index in [1.807, 2.05) is 29.9 Å². The molecular formula is C13H18N4O2. The Hall–Kier alpha value is -2.08. The fourth-order valence-corrected chi connectivity index (χ4v) is 1.55. The maximum absolute atomic E-state index is 5.39. The molecule has 1 N–H and O–H groups in total. The van der Waals surface area contributed by atoms with Gasteiger partial charge in [0.2, 0.25) is 5.88 Å². The largest absolute Gasteiger partial charge is 0.475 e. The Balaban J connectivity index is 1.83. The Morgan fingerprint density at radius 2 is 2.16 bits per heavy atom. The lowest BCUT2D eigenvalue weighted by Gasteiger charge is -2.08. The molecule has 6 nitrogen and oxygen atoms in total. The van der Waals surface area contributed by atoms with E-state index >= 15 is 0 Å². The molecule has 0 aromatic carbocycles. The van der Waals surface area contributed by atoms with Crippen molar-refractivity contribution in [1.82, 2.24) is 14.5 Å². The maximum Gasteiger partial charge on any atom is 0.213 e. The lowest BCUT2D eigenvalue weighted by atomic mass is 10.4. The van der Waals surface area contributed by atoms with Crippen LogP contribution in [0.3, 0.4) is 0 Å². The van der Waals surface area contributed by atoms with Gasteiger partial charge in [-0.3, -0.25) is 0 Å². The van der Waals surface area contributed by atoms with Crippen LogP contribution in [0.5, 0.6) is 5.88 Å². The molecule has 0 amide bonds. The van der Waals surface area contributed by atoms with Gasteiger partial charge < -0.3 is 19.4 Å². The molecule has 0 fully saturated rings. The Morgan fingerprint density at radius 3 is 2.79 bits per heavy atom. The monoisotopic (exact) mass is 262 g/mol. The van der Waals surface area contributed by atoms with Crippen LogP contribution in [0.1, 0.15) is 5.69 Å². The van der Waals surface area contributed by atoms with Crippen LogP contribution in [0.15, 0.2) is 30.9 Å². The molecule has 2 heterocycles. The molecule has 0 saturated carbocycles. The van der Waals surface area contributed by atoms with E-state index in [-0.39, 0.29) is 0 Å². The second kappa shape index (κ2) is 6.75. The number of nitrogens with one attached hydrogen (secondary N) is 1. The molecular weight excluding hydrogens is 244 g/mol. The van der Waals surface area contributed by atoms with Gasteiger partial charge in [0.15, 0.2) is 0 Å². The van der Waals surface area contributed by atoms with E-state index in [0.29, 0.717) is 25.6 Å². The minimum Gasteiger partial charge on any atom is -0.475 e. The average molecular weight is 262 g/mol. The average Bonchev–Trinajstić information content (AvgIpc) is 2.84. The van der Waals surface area contributed by atoms with Crippen molar-refractivity contribution in [3.8, 4) is 5.88 Å². The van der Waals surface area contributed by atoms with Crippen molar-refractivity contribution in [2.75, 3.05) is 25.6 Å². The molecule has 19 heavy (non-hydrogen) atoms. The van der Waals surface area contributed by atoms with Gasteiger partial charge in [-0.05, 0) is 6.07 Å². The van der Waals surface area contributed by atoms with E-state index in [9.17, 15) is 0 Å². The summed E-state index contributed by atoms with van der Waals surface area (Å²) in [6.07, 6.45) is 5.36. The first-order chi connectivity index (χ1) is 9.29. The molecule has 0 aliphatic heterocycles. The Morgan fingerprint density at radius 1 is 1.26 bits per heavy atom. The number of anilines is 1. The lowest BCUT2D eigenvalue weighted by Crippen LogP contribution is -2.06. The Labute approximate surface area is 112 Å². The topological polar surface area (TPSA) is 61.2 Å². The predicted octanol–water partition coefficient (Wildman–Crippen LogP) is 1.45. The van der Waals surface area contributed by atoms with E-state index in [0.717, 1.165) is 11.4 Å². The van der Waals surface area contributed by atoms with Gasteiger partial charge >= 0.3 is 0 Å². The van der Waals surface area contributed by atoms with Gasteiger partial charge in [0.25, 0.3) is 0 Å². The first-order valence-corrected chi connectivity index (χ1v) is 6.06. The van der Waals surface area contributed by atoms with Gasteiger partial charge in [0.05, 0.1) is 37.1 Å². The number of hydrogen-bond acceptors (Lipinski definition) is 5. The molecule has 2 rings (SSSR count). The van der Waals surface area contributed by atoms with Crippen molar-refractivity contribution in [2.24, 2.45) is 7.05 Å². The Kier molecular flexibility index (Phi) is 4.74. The molecule has 0 bridgehead atoms. The normalized spacial score (nSPS) is 10.4. The summed E-state index contributed by atoms with van der Waals surface area (Å²) in [5.74, 6) is 0.600. The van der Waals surface area contributed by atoms with Gasteiger partial charge in [-0.25, -0.2) is 9.97 Å². The number of imidazole rings is 1. The van der Waals surface area contributed by atoms with Crippen LogP contribution >= 0.6 is 0 Å². The number of methoxy groups -OCH3 is 1. The summed E-state index contributed by atoms with van der Waals surface area (Å²) in [5, 5.41) is 3.28. The van der Waals surface area contributed by atoms with Crippen molar-refractivity contribution in [1.29, 1.82) is 0 Å². The van der Waals surface area contributed by atoms with Gasteiger partial charge in [-0.2, -0.15) is 0 Å². The third-order valence-electron chi connectivity index (χ3n) is 2.66. The van der Waals surface area contributed by atoms with Gasteiger partial charge in [0.1, 0.15) is 6.61 Å². The zero-order valence-electron chi connectivity index (χ0n) is 11.2. The molecule has 2 aromatic heterocycles. The maximum atomic E-state index is 5.39. The van der Waals surface area contributed by atoms with Crippen LogP contribution in [0.2, 0.25) is 0 Å². The van der Waals surface area contributed by atoms with Crippen molar-refractivity contribution in [3.63, 3.8) is 0 Å². The number of aromatic nitrogens is 3. The minimum absolute atomic E-state index is 0.505. The van der Waals surface area contributed by atoms with Crippen LogP contribution in [-0.4, -0.2) is 34.9 Å². The molecule has 0 atom stereocenters. The number of rotatable bonds is 7. The third-order valence-corrected chi connectivity index (χ3v) is 2.66. The number of ether oxygens (including phenoxy) is 2. The summed E-state index contributed by atoms with van der Waals surface area (Å²) < 4.78 is 12.3. The van der Waals surface area contributed by atoms with Crippen LogP contribution < -0.4 is 10.1 Å². The molecule has 102 valence electrons. The SMILES string of the molecule is COCCOc1ccc(NCc2cncn2C)cn1. The zero-order valence-corrected chi connectivity index (χ0v) is 11.2. The quantitative estimate of drug-likeness (QED) is 0.765. The zero-order chi connectivity index (χ0) is 13.5. The van der Waals surface area contributed by atoms with E-state index in [1.165, 1.54) is 0 Å². The molecule has 6 heteroatoms. The van der Waals surface area contributed by atoms with Gasteiger partial charge in [-0.1, -0.05) is 0 Å². The smallest absolute Gasteiger partial charge is 0.213 e. The highest BCUT2D eigenvalue weighted by Crippen LogP contribution is 2.12. The van der Waals surface area contributed by atoms with E-state index in [1.54, 1.807) is 19.6 Å². The standard InChI is InChI=1S/C13H18N4O2/c1-17-10-14-8-12(17)9-15-11-3-4-13(16-7-11)19-6-5-18-2/h3-4,7-8,10,15H,5-6,9H2,1-2H3. The Bertz CT molecular complexity index is 496. The van der Waals surface area contributed by atoms with Crippen molar-refractivity contribution >= 4 is 5.69 Å². The van der Waals surface area contributed by atoms with E-state index < -0.39 is 0 Å². The van der Waals surface area contributed by atoms with Crippen LogP contribution in [-0.2, 0) is 18.3 Å². The summed E-state index contributed by atoms with van der Waals surface area (Å²) in [6.45, 7) is 1.77. The third kappa shape index (κ3) is 3.96. The molecule has 2 aromatic rings. The summed E-state index contributed by atoms with van der Waals surface area (Å²) in [4.78, 5) is 8.28. The second-order valence-corrected chi connectivity index (χ2v) is 4.08. The van der Waals surface area contributed by atoms with Gasteiger partial charge in [0, 0.05) is 26.4 Å². The number of hydrogen-bond donors (Lipinski definition) is 1. The molecule has 0 spiro atoms. The van der Waals surface area contributed by atoms with Crippen LogP contribution in [0, 0.1) is 0 Å². The molecule has 0 aliphatic rings. The fourth-order valence-electron chi connectivity index (χ4n) is 1.55. The highest BCUT2D eigenvalue weighted by molar-refractivity contribution is 5.42. The fraction of sp³-hybridized carbons (Fsp3) is 0.385. The van der Waals surface area contributed by atoms with Gasteiger partial charge in [-0.15, -0.1) is 0 Å². The highest BCUT2D eigenvalue weighted by Gasteiger charge is 2.00. The minimum atomic E-state index is 0.505. The number of aryl methyl sites for hydroxylation is 1. The number of pyridine rings is 1. The van der Waals surface area contributed by atoms with Crippen molar-refractivity contribution in [2.45, 2.75) is 6.54 Å². The number of nitrogens with zero attached hydrogens (tertiary/aromatic N) is 3. The summed E-state index contributed by atoms with van der Waals surface area (Å²) >= 11 is 0. The molecule has 0 radical (unpaired) electrons. The molecule has 0 aliphatic carbocycles. The van der Waals surface area contributed by atoms with E-state index in [2.05, 4.69) is 15.3 Å². The summed E-state index contributed by atoms with van der Waals surface area (Å²) in [5.41, 5.74) is 2.06. The molecule has 0 unspecified atom stereocenters. The summed E-state index contributed by atoms with van der Waals surface area (Å²) in [7, 11) is 3.61. The molecule has 0 saturated heterocycles. The predicted molar refractivity (Wildman–Crippen MR) is 72.1 cm³/mol.